The largest absolute Gasteiger partial charge is 0.466 e. The maximum atomic E-state index is 12.1. The standard InChI is InChI=1S/C18H32N4O5S.HI/c1-3-19-18(22-10-5-6-14(12-22)17(24)27-4-2)20-9-7-16(23)21-15-8-11-28(25,26)13-15;/h14-15H,3-13H2,1-2H3,(H,19,20)(H,21,23);1H. The van der Waals surface area contributed by atoms with Crippen molar-refractivity contribution in [2.75, 3.05) is 44.3 Å². The maximum Gasteiger partial charge on any atom is 0.310 e. The number of carbonyl (C=O) groups is 2. The number of aliphatic imine (C=N–C) groups is 1. The van der Waals surface area contributed by atoms with Crippen molar-refractivity contribution in [1.82, 2.24) is 15.5 Å². The zero-order chi connectivity index (χ0) is 20.6. The molecule has 0 spiro atoms. The van der Waals surface area contributed by atoms with Gasteiger partial charge in [0.05, 0.1) is 30.6 Å². The average Bonchev–Trinajstić information content (AvgIpc) is 2.99. The van der Waals surface area contributed by atoms with Gasteiger partial charge in [-0.1, -0.05) is 0 Å². The molecule has 0 aliphatic carbocycles. The van der Waals surface area contributed by atoms with Crippen molar-refractivity contribution in [3.8, 4) is 0 Å². The average molecular weight is 544 g/mol. The van der Waals surface area contributed by atoms with Crippen LogP contribution >= 0.6 is 24.0 Å². The van der Waals surface area contributed by atoms with Gasteiger partial charge in [-0.05, 0) is 33.1 Å². The molecule has 29 heavy (non-hydrogen) atoms. The summed E-state index contributed by atoms with van der Waals surface area (Å²) < 4.78 is 28.1. The van der Waals surface area contributed by atoms with Crippen LogP contribution in [0, 0.1) is 5.92 Å². The Kier molecular flexibility index (Phi) is 11.2. The molecule has 1 amide bonds. The van der Waals surface area contributed by atoms with Gasteiger partial charge < -0.3 is 20.3 Å². The van der Waals surface area contributed by atoms with Crippen LogP contribution in [0.1, 0.15) is 39.5 Å². The van der Waals surface area contributed by atoms with Crippen molar-refractivity contribution in [3.05, 3.63) is 0 Å². The summed E-state index contributed by atoms with van der Waals surface area (Å²) in [6.45, 7) is 6.48. The number of likely N-dealkylation sites (tertiary alicyclic amines) is 1. The van der Waals surface area contributed by atoms with Gasteiger partial charge in [0, 0.05) is 32.1 Å². The highest BCUT2D eigenvalue weighted by Crippen LogP contribution is 2.18. The zero-order valence-electron chi connectivity index (χ0n) is 17.2. The minimum Gasteiger partial charge on any atom is -0.466 e. The first-order chi connectivity index (χ1) is 13.3. The molecule has 2 fully saturated rings. The van der Waals surface area contributed by atoms with Crippen LogP contribution in [0.25, 0.3) is 0 Å². The summed E-state index contributed by atoms with van der Waals surface area (Å²) in [5.74, 6) is 0.321. The Morgan fingerprint density at radius 1 is 1.24 bits per heavy atom. The second-order valence-corrected chi connectivity index (χ2v) is 9.42. The summed E-state index contributed by atoms with van der Waals surface area (Å²) in [5, 5.41) is 5.99. The van der Waals surface area contributed by atoms with E-state index in [1.807, 2.05) is 11.8 Å². The number of piperidine rings is 1. The van der Waals surface area contributed by atoms with E-state index in [1.165, 1.54) is 0 Å². The van der Waals surface area contributed by atoms with Gasteiger partial charge in [-0.15, -0.1) is 24.0 Å². The maximum absolute atomic E-state index is 12.1. The van der Waals surface area contributed by atoms with Crippen LogP contribution in [0.3, 0.4) is 0 Å². The minimum atomic E-state index is -3.01. The molecule has 0 saturated carbocycles. The van der Waals surface area contributed by atoms with E-state index in [-0.39, 0.29) is 65.7 Å². The number of hydrogen-bond acceptors (Lipinski definition) is 6. The third-order valence-electron chi connectivity index (χ3n) is 4.87. The minimum absolute atomic E-state index is 0. The fourth-order valence-electron chi connectivity index (χ4n) is 3.52. The van der Waals surface area contributed by atoms with Crippen LogP contribution in [-0.2, 0) is 24.2 Å². The first-order valence-electron chi connectivity index (χ1n) is 10.0. The quantitative estimate of drug-likeness (QED) is 0.208. The number of amides is 1. The second kappa shape index (κ2) is 12.6. The molecular formula is C18H33IN4O5S. The van der Waals surface area contributed by atoms with E-state index >= 15 is 0 Å². The predicted octanol–water partition coefficient (Wildman–Crippen LogP) is 0.538. The number of hydrogen-bond donors (Lipinski definition) is 2. The third kappa shape index (κ3) is 8.65. The predicted molar refractivity (Wildman–Crippen MR) is 122 cm³/mol. The summed E-state index contributed by atoms with van der Waals surface area (Å²) in [7, 11) is -3.01. The smallest absolute Gasteiger partial charge is 0.310 e. The fourth-order valence-corrected chi connectivity index (χ4v) is 5.19. The Labute approximate surface area is 190 Å². The molecular weight excluding hydrogens is 511 g/mol. The Balaban J connectivity index is 0.00000420. The molecule has 2 aliphatic rings. The first-order valence-corrected chi connectivity index (χ1v) is 11.9. The number of sulfone groups is 1. The van der Waals surface area contributed by atoms with E-state index in [2.05, 4.69) is 15.6 Å². The van der Waals surface area contributed by atoms with Crippen molar-refractivity contribution in [2.24, 2.45) is 10.9 Å². The van der Waals surface area contributed by atoms with E-state index in [0.29, 0.717) is 38.6 Å². The lowest BCUT2D eigenvalue weighted by molar-refractivity contribution is -0.149. The molecule has 0 aromatic rings. The van der Waals surface area contributed by atoms with Crippen LogP contribution in [0.5, 0.6) is 0 Å². The topological polar surface area (TPSA) is 117 Å². The molecule has 2 saturated heterocycles. The molecule has 0 bridgehead atoms. The highest BCUT2D eigenvalue weighted by molar-refractivity contribution is 14.0. The van der Waals surface area contributed by atoms with Crippen LogP contribution < -0.4 is 10.6 Å². The number of rotatable bonds is 7. The Hall–Kier alpha value is -1.11. The SMILES string of the molecule is CCNC(=NCCC(=O)NC1CCS(=O)(=O)C1)N1CCCC(C(=O)OCC)C1.I. The number of halogens is 1. The fraction of sp³-hybridized carbons (Fsp3) is 0.833. The van der Waals surface area contributed by atoms with Crippen molar-refractivity contribution in [3.63, 3.8) is 0 Å². The van der Waals surface area contributed by atoms with Gasteiger partial charge in [0.2, 0.25) is 5.91 Å². The molecule has 2 rings (SSSR count). The lowest BCUT2D eigenvalue weighted by atomic mass is 9.98. The highest BCUT2D eigenvalue weighted by Gasteiger charge is 2.29. The lowest BCUT2D eigenvalue weighted by Crippen LogP contribution is -2.48. The highest BCUT2D eigenvalue weighted by atomic mass is 127. The lowest BCUT2D eigenvalue weighted by Gasteiger charge is -2.34. The number of esters is 1. The zero-order valence-corrected chi connectivity index (χ0v) is 20.3. The van der Waals surface area contributed by atoms with Gasteiger partial charge >= 0.3 is 5.97 Å². The summed E-state index contributed by atoms with van der Waals surface area (Å²) >= 11 is 0. The van der Waals surface area contributed by atoms with Gasteiger partial charge in [0.25, 0.3) is 0 Å². The molecule has 11 heteroatoms. The van der Waals surface area contributed by atoms with Gasteiger partial charge in [-0.25, -0.2) is 8.42 Å². The summed E-state index contributed by atoms with van der Waals surface area (Å²) in [5.41, 5.74) is 0. The number of nitrogens with zero attached hydrogens (tertiary/aromatic N) is 2. The Morgan fingerprint density at radius 2 is 2.00 bits per heavy atom. The number of nitrogens with one attached hydrogen (secondary N) is 2. The van der Waals surface area contributed by atoms with Gasteiger partial charge in [-0.2, -0.15) is 0 Å². The van der Waals surface area contributed by atoms with Gasteiger partial charge in [-0.3, -0.25) is 14.6 Å². The first kappa shape index (κ1) is 25.9. The van der Waals surface area contributed by atoms with E-state index in [9.17, 15) is 18.0 Å². The molecule has 168 valence electrons. The number of carbonyl (C=O) groups excluding carboxylic acids is 2. The van der Waals surface area contributed by atoms with Crippen molar-refractivity contribution in [1.29, 1.82) is 0 Å². The molecule has 2 aliphatic heterocycles. The summed E-state index contributed by atoms with van der Waals surface area (Å²) in [6.07, 6.45) is 2.36. The molecule has 2 atom stereocenters. The number of guanidine groups is 1. The Bertz CT molecular complexity index is 686. The van der Waals surface area contributed by atoms with E-state index in [0.717, 1.165) is 19.4 Å². The van der Waals surface area contributed by atoms with Gasteiger partial charge in [0.15, 0.2) is 15.8 Å². The van der Waals surface area contributed by atoms with Crippen LogP contribution in [0.4, 0.5) is 0 Å². The Morgan fingerprint density at radius 3 is 2.62 bits per heavy atom. The normalized spacial score (nSPS) is 23.8. The summed E-state index contributed by atoms with van der Waals surface area (Å²) in [4.78, 5) is 30.7. The molecule has 2 N–H and O–H groups in total. The molecule has 9 nitrogen and oxygen atoms in total. The van der Waals surface area contributed by atoms with E-state index < -0.39 is 9.84 Å². The van der Waals surface area contributed by atoms with Crippen molar-refractivity contribution >= 4 is 51.6 Å². The molecule has 0 aromatic heterocycles. The second-order valence-electron chi connectivity index (χ2n) is 7.19. The van der Waals surface area contributed by atoms with E-state index in [1.54, 1.807) is 6.92 Å². The van der Waals surface area contributed by atoms with Crippen LogP contribution in [-0.4, -0.2) is 81.5 Å². The number of ether oxygens (including phenoxy) is 1. The third-order valence-corrected chi connectivity index (χ3v) is 6.64. The van der Waals surface area contributed by atoms with Crippen molar-refractivity contribution < 1.29 is 22.7 Å². The van der Waals surface area contributed by atoms with Crippen LogP contribution in [0.2, 0.25) is 0 Å². The van der Waals surface area contributed by atoms with E-state index in [4.69, 9.17) is 4.74 Å². The molecule has 2 heterocycles. The molecule has 2 unspecified atom stereocenters. The molecule has 0 aromatic carbocycles. The summed E-state index contributed by atoms with van der Waals surface area (Å²) in [6, 6.07) is -0.290. The monoisotopic (exact) mass is 544 g/mol. The van der Waals surface area contributed by atoms with Crippen molar-refractivity contribution in [2.45, 2.75) is 45.6 Å². The molecule has 0 radical (unpaired) electrons. The van der Waals surface area contributed by atoms with Gasteiger partial charge in [0.1, 0.15) is 0 Å². The van der Waals surface area contributed by atoms with Crippen LogP contribution in [0.15, 0.2) is 4.99 Å².